The summed E-state index contributed by atoms with van der Waals surface area (Å²) in [4.78, 5) is 2.06. The van der Waals surface area contributed by atoms with Crippen LogP contribution in [-0.2, 0) is 0 Å². The molecule has 0 aliphatic rings. The van der Waals surface area contributed by atoms with E-state index in [9.17, 15) is 5.11 Å². The van der Waals surface area contributed by atoms with Gasteiger partial charge in [-0.15, -0.1) is 0 Å². The summed E-state index contributed by atoms with van der Waals surface area (Å²) in [5, 5.41) is 10.2. The molecule has 0 unspecified atom stereocenters. The van der Waals surface area contributed by atoms with Gasteiger partial charge in [0.25, 0.3) is 0 Å². The Bertz CT molecular complexity index is 312. The fourth-order valence-corrected chi connectivity index (χ4v) is 1.77. The highest BCUT2D eigenvalue weighted by Crippen LogP contribution is 2.31. The van der Waals surface area contributed by atoms with Gasteiger partial charge in [0.05, 0.1) is 6.10 Å². The van der Waals surface area contributed by atoms with Gasteiger partial charge >= 0.3 is 0 Å². The molecule has 1 N–H and O–H groups in total. The zero-order valence-electron chi connectivity index (χ0n) is 8.79. The molecular weight excluding hydrogens is 198 g/mol. The van der Waals surface area contributed by atoms with Crippen LogP contribution in [0.4, 0.5) is 5.69 Å². The third-order valence-corrected chi connectivity index (χ3v) is 2.66. The quantitative estimate of drug-likeness (QED) is 0.835. The minimum absolute atomic E-state index is 0.535. The topological polar surface area (TPSA) is 23.5 Å². The molecule has 1 atom stereocenters. The van der Waals surface area contributed by atoms with E-state index < -0.39 is 6.10 Å². The summed E-state index contributed by atoms with van der Waals surface area (Å²) in [6.07, 6.45) is -0.535. The highest BCUT2D eigenvalue weighted by Gasteiger charge is 2.13. The molecule has 1 rings (SSSR count). The van der Waals surface area contributed by atoms with Crippen molar-refractivity contribution in [1.29, 1.82) is 0 Å². The first kappa shape index (κ1) is 11.3. The van der Waals surface area contributed by atoms with Gasteiger partial charge in [-0.2, -0.15) is 0 Å². The van der Waals surface area contributed by atoms with Gasteiger partial charge in [-0.05, 0) is 26.0 Å². The van der Waals surface area contributed by atoms with Crippen LogP contribution in [0.5, 0.6) is 0 Å². The Balaban J connectivity index is 3.21. The van der Waals surface area contributed by atoms with E-state index in [0.29, 0.717) is 5.02 Å². The average Bonchev–Trinajstić information content (AvgIpc) is 2.15. The molecule has 2 nitrogen and oxygen atoms in total. The summed E-state index contributed by atoms with van der Waals surface area (Å²) < 4.78 is 0. The zero-order valence-corrected chi connectivity index (χ0v) is 9.54. The van der Waals surface area contributed by atoms with Gasteiger partial charge in [0.2, 0.25) is 0 Å². The predicted molar refractivity (Wildman–Crippen MR) is 61.0 cm³/mol. The molecule has 0 bridgehead atoms. The van der Waals surface area contributed by atoms with E-state index in [0.717, 1.165) is 17.8 Å². The molecule has 0 saturated carbocycles. The standard InChI is InChI=1S/C11H16ClNO/c1-4-13(3)10-7-5-6-9(12)11(10)8(2)14/h5-8,14H,4H2,1-3H3/t8-/m1/s1. The molecule has 1 aromatic carbocycles. The zero-order chi connectivity index (χ0) is 10.7. The molecule has 0 amide bonds. The molecule has 14 heavy (non-hydrogen) atoms. The lowest BCUT2D eigenvalue weighted by Gasteiger charge is -2.22. The summed E-state index contributed by atoms with van der Waals surface area (Å²) in [5.41, 5.74) is 1.80. The lowest BCUT2D eigenvalue weighted by atomic mass is 10.1. The normalized spacial score (nSPS) is 12.6. The lowest BCUT2D eigenvalue weighted by molar-refractivity contribution is 0.200. The van der Waals surface area contributed by atoms with E-state index in [4.69, 9.17) is 11.6 Å². The monoisotopic (exact) mass is 213 g/mol. The lowest BCUT2D eigenvalue weighted by Crippen LogP contribution is -2.18. The molecule has 0 aliphatic heterocycles. The third-order valence-electron chi connectivity index (χ3n) is 2.33. The van der Waals surface area contributed by atoms with Crippen molar-refractivity contribution >= 4 is 17.3 Å². The Morgan fingerprint density at radius 1 is 1.50 bits per heavy atom. The van der Waals surface area contributed by atoms with Gasteiger partial charge in [-0.25, -0.2) is 0 Å². The number of nitrogens with zero attached hydrogens (tertiary/aromatic N) is 1. The first-order chi connectivity index (χ1) is 6.57. The molecule has 78 valence electrons. The average molecular weight is 214 g/mol. The van der Waals surface area contributed by atoms with Gasteiger partial charge < -0.3 is 10.0 Å². The number of anilines is 1. The number of rotatable bonds is 3. The van der Waals surface area contributed by atoms with Crippen molar-refractivity contribution in [2.45, 2.75) is 20.0 Å². The van der Waals surface area contributed by atoms with Crippen LogP contribution in [-0.4, -0.2) is 18.7 Å². The van der Waals surface area contributed by atoms with E-state index in [1.165, 1.54) is 0 Å². The Hall–Kier alpha value is -0.730. The maximum Gasteiger partial charge on any atom is 0.0796 e. The van der Waals surface area contributed by atoms with E-state index in [-0.39, 0.29) is 0 Å². The van der Waals surface area contributed by atoms with Crippen LogP contribution >= 0.6 is 11.6 Å². The SMILES string of the molecule is CCN(C)c1cccc(Cl)c1[C@@H](C)O. The molecule has 0 radical (unpaired) electrons. The van der Waals surface area contributed by atoms with Gasteiger partial charge in [-0.3, -0.25) is 0 Å². The summed E-state index contributed by atoms with van der Waals surface area (Å²) in [6.45, 7) is 4.68. The number of halogens is 1. The third kappa shape index (κ3) is 2.20. The predicted octanol–water partition coefficient (Wildman–Crippen LogP) is 2.85. The van der Waals surface area contributed by atoms with Crippen molar-refractivity contribution in [3.63, 3.8) is 0 Å². The Morgan fingerprint density at radius 2 is 2.14 bits per heavy atom. The Labute approximate surface area is 90.1 Å². The second kappa shape index (κ2) is 4.67. The highest BCUT2D eigenvalue weighted by molar-refractivity contribution is 6.31. The number of aliphatic hydroxyl groups excluding tert-OH is 1. The molecule has 1 aromatic rings. The molecule has 0 heterocycles. The fourth-order valence-electron chi connectivity index (χ4n) is 1.44. The second-order valence-electron chi connectivity index (χ2n) is 3.36. The molecule has 0 spiro atoms. The maximum absolute atomic E-state index is 9.62. The Morgan fingerprint density at radius 3 is 2.64 bits per heavy atom. The molecule has 0 aliphatic carbocycles. The van der Waals surface area contributed by atoms with Gasteiger partial charge in [-0.1, -0.05) is 17.7 Å². The van der Waals surface area contributed by atoms with Crippen LogP contribution in [0.2, 0.25) is 5.02 Å². The van der Waals surface area contributed by atoms with Crippen LogP contribution in [0, 0.1) is 0 Å². The first-order valence-electron chi connectivity index (χ1n) is 4.75. The van der Waals surface area contributed by atoms with Gasteiger partial charge in [0.15, 0.2) is 0 Å². The van der Waals surface area contributed by atoms with Gasteiger partial charge in [0.1, 0.15) is 0 Å². The maximum atomic E-state index is 9.62. The van der Waals surface area contributed by atoms with Crippen molar-refractivity contribution < 1.29 is 5.11 Å². The Kier molecular flexibility index (Phi) is 3.78. The summed E-state index contributed by atoms with van der Waals surface area (Å²) in [5.74, 6) is 0. The second-order valence-corrected chi connectivity index (χ2v) is 3.77. The summed E-state index contributed by atoms with van der Waals surface area (Å²) >= 11 is 6.04. The highest BCUT2D eigenvalue weighted by atomic mass is 35.5. The molecule has 0 saturated heterocycles. The van der Waals surface area contributed by atoms with E-state index in [1.54, 1.807) is 13.0 Å². The van der Waals surface area contributed by atoms with Crippen LogP contribution in [0.25, 0.3) is 0 Å². The van der Waals surface area contributed by atoms with Crippen molar-refractivity contribution in [2.75, 3.05) is 18.5 Å². The molecule has 0 aromatic heterocycles. The summed E-state index contributed by atoms with van der Waals surface area (Å²) in [6, 6.07) is 5.67. The number of hydrogen-bond acceptors (Lipinski definition) is 2. The fraction of sp³-hybridized carbons (Fsp3) is 0.455. The van der Waals surface area contributed by atoms with Crippen LogP contribution in [0.15, 0.2) is 18.2 Å². The van der Waals surface area contributed by atoms with Crippen molar-refractivity contribution in [2.24, 2.45) is 0 Å². The minimum atomic E-state index is -0.535. The van der Waals surface area contributed by atoms with E-state index in [1.807, 2.05) is 19.2 Å². The van der Waals surface area contributed by atoms with Crippen molar-refractivity contribution in [3.8, 4) is 0 Å². The molecule has 3 heteroatoms. The van der Waals surface area contributed by atoms with E-state index >= 15 is 0 Å². The van der Waals surface area contributed by atoms with Crippen molar-refractivity contribution in [3.05, 3.63) is 28.8 Å². The number of aliphatic hydroxyl groups is 1. The van der Waals surface area contributed by atoms with Crippen LogP contribution in [0.3, 0.4) is 0 Å². The summed E-state index contributed by atoms with van der Waals surface area (Å²) in [7, 11) is 1.98. The number of benzene rings is 1. The number of hydrogen-bond donors (Lipinski definition) is 1. The largest absolute Gasteiger partial charge is 0.389 e. The van der Waals surface area contributed by atoms with E-state index in [2.05, 4.69) is 11.8 Å². The van der Waals surface area contributed by atoms with Crippen LogP contribution < -0.4 is 4.90 Å². The van der Waals surface area contributed by atoms with Gasteiger partial charge in [0, 0.05) is 29.9 Å². The first-order valence-corrected chi connectivity index (χ1v) is 5.13. The van der Waals surface area contributed by atoms with Crippen LogP contribution in [0.1, 0.15) is 25.5 Å². The minimum Gasteiger partial charge on any atom is -0.389 e. The molecular formula is C11H16ClNO. The van der Waals surface area contributed by atoms with Crippen molar-refractivity contribution in [1.82, 2.24) is 0 Å². The smallest absolute Gasteiger partial charge is 0.0796 e. The molecule has 0 fully saturated rings.